The van der Waals surface area contributed by atoms with E-state index in [9.17, 15) is 4.79 Å². The Morgan fingerprint density at radius 1 is 1.44 bits per heavy atom. The second-order valence-electron chi connectivity index (χ2n) is 4.20. The van der Waals surface area contributed by atoms with Gasteiger partial charge in [0.2, 0.25) is 5.91 Å². The molecule has 1 aliphatic heterocycles. The summed E-state index contributed by atoms with van der Waals surface area (Å²) in [5, 5.41) is 6.47. The van der Waals surface area contributed by atoms with Crippen LogP contribution in [0.15, 0.2) is 22.6 Å². The molecule has 5 nitrogen and oxygen atoms in total. The minimum Gasteiger partial charge on any atom is -0.439 e. The van der Waals surface area contributed by atoms with Gasteiger partial charge in [0.05, 0.1) is 11.1 Å². The third kappa shape index (κ3) is 2.07. The Labute approximate surface area is 109 Å². The first kappa shape index (κ1) is 11.5. The number of amides is 1. The predicted octanol–water partition coefficient (Wildman–Crippen LogP) is 1.11. The lowest BCUT2D eigenvalue weighted by Gasteiger charge is -2.22. The summed E-state index contributed by atoms with van der Waals surface area (Å²) in [6, 6.07) is 5.13. The van der Waals surface area contributed by atoms with Crippen molar-refractivity contribution in [2.24, 2.45) is 0 Å². The van der Waals surface area contributed by atoms with Gasteiger partial charge in [-0.2, -0.15) is 0 Å². The van der Waals surface area contributed by atoms with Crippen LogP contribution in [0, 0.1) is 0 Å². The quantitative estimate of drug-likeness (QED) is 0.854. The number of nitrogens with one attached hydrogen (secondary N) is 2. The Morgan fingerprint density at radius 3 is 3.11 bits per heavy atom. The number of piperazine rings is 1. The summed E-state index contributed by atoms with van der Waals surface area (Å²) < 4.78 is 5.59. The molecule has 0 radical (unpaired) electrons. The second kappa shape index (κ2) is 4.59. The number of rotatable bonds is 2. The average molecular weight is 266 g/mol. The van der Waals surface area contributed by atoms with Crippen molar-refractivity contribution in [3.63, 3.8) is 0 Å². The van der Waals surface area contributed by atoms with Gasteiger partial charge in [0, 0.05) is 19.5 Å². The van der Waals surface area contributed by atoms with Crippen LogP contribution in [0.5, 0.6) is 0 Å². The number of carbonyl (C=O) groups excluding carboxylic acids is 1. The maximum atomic E-state index is 11.6. The monoisotopic (exact) mass is 265 g/mol. The van der Waals surface area contributed by atoms with E-state index in [0.717, 1.165) is 6.54 Å². The summed E-state index contributed by atoms with van der Waals surface area (Å²) in [6.45, 7) is 1.42. The highest BCUT2D eigenvalue weighted by molar-refractivity contribution is 6.34. The highest BCUT2D eigenvalue weighted by Crippen LogP contribution is 2.24. The zero-order valence-corrected chi connectivity index (χ0v) is 10.3. The van der Waals surface area contributed by atoms with Crippen LogP contribution < -0.4 is 10.6 Å². The summed E-state index contributed by atoms with van der Waals surface area (Å²) in [4.78, 5) is 15.9. The minimum absolute atomic E-state index is 0.0189. The van der Waals surface area contributed by atoms with Crippen molar-refractivity contribution in [1.82, 2.24) is 15.6 Å². The number of benzene rings is 1. The van der Waals surface area contributed by atoms with Gasteiger partial charge in [0.1, 0.15) is 5.52 Å². The normalized spacial score (nSPS) is 20.1. The summed E-state index contributed by atoms with van der Waals surface area (Å²) in [5.74, 6) is 0.502. The molecule has 1 aromatic heterocycles. The van der Waals surface area contributed by atoms with Crippen LogP contribution in [-0.4, -0.2) is 30.0 Å². The van der Waals surface area contributed by atoms with E-state index in [-0.39, 0.29) is 11.9 Å². The molecule has 1 aromatic carbocycles. The summed E-state index contributed by atoms with van der Waals surface area (Å²) >= 11 is 6.01. The smallest absolute Gasteiger partial charge is 0.237 e. The maximum absolute atomic E-state index is 11.6. The lowest BCUT2D eigenvalue weighted by atomic mass is 10.1. The molecule has 2 aromatic rings. The second-order valence-corrected chi connectivity index (χ2v) is 4.60. The molecule has 0 saturated carbocycles. The van der Waals surface area contributed by atoms with E-state index in [4.69, 9.17) is 16.0 Å². The van der Waals surface area contributed by atoms with Crippen molar-refractivity contribution < 1.29 is 9.21 Å². The van der Waals surface area contributed by atoms with Crippen molar-refractivity contribution >= 4 is 28.6 Å². The number of oxazole rings is 1. The number of hydrogen-bond donors (Lipinski definition) is 2. The van der Waals surface area contributed by atoms with Gasteiger partial charge in [0.25, 0.3) is 0 Å². The van der Waals surface area contributed by atoms with E-state index in [1.165, 1.54) is 0 Å². The molecule has 1 fully saturated rings. The number of halogens is 1. The van der Waals surface area contributed by atoms with Gasteiger partial charge in [-0.1, -0.05) is 17.7 Å². The van der Waals surface area contributed by atoms with Gasteiger partial charge >= 0.3 is 0 Å². The third-order valence-corrected chi connectivity index (χ3v) is 3.22. The Kier molecular flexibility index (Phi) is 2.93. The molecule has 6 heteroatoms. The molecule has 94 valence electrons. The van der Waals surface area contributed by atoms with Gasteiger partial charge in [-0.15, -0.1) is 0 Å². The number of fused-ring (bicyclic) bond motifs is 1. The van der Waals surface area contributed by atoms with Gasteiger partial charge in [0.15, 0.2) is 11.5 Å². The van der Waals surface area contributed by atoms with E-state index in [0.29, 0.717) is 35.0 Å². The standard InChI is InChI=1S/C12H12ClN3O2/c13-7-2-1-3-8-11(7)18-10(16-8)6-9-12(17)15-5-4-14-9/h1-3,9,14H,4-6H2,(H,15,17). The summed E-state index contributed by atoms with van der Waals surface area (Å²) in [5.41, 5.74) is 1.29. The molecule has 1 aliphatic rings. The maximum Gasteiger partial charge on any atom is 0.237 e. The molecule has 3 rings (SSSR count). The zero-order chi connectivity index (χ0) is 12.5. The fraction of sp³-hybridized carbons (Fsp3) is 0.333. The van der Waals surface area contributed by atoms with Gasteiger partial charge in [-0.3, -0.25) is 4.79 Å². The number of aromatic nitrogens is 1. The first-order valence-corrected chi connectivity index (χ1v) is 6.17. The fourth-order valence-corrected chi connectivity index (χ4v) is 2.24. The Bertz CT molecular complexity index is 596. The van der Waals surface area contributed by atoms with Crippen LogP contribution in [0.1, 0.15) is 5.89 Å². The zero-order valence-electron chi connectivity index (χ0n) is 9.57. The lowest BCUT2D eigenvalue weighted by Crippen LogP contribution is -2.53. The molecular weight excluding hydrogens is 254 g/mol. The van der Waals surface area contributed by atoms with E-state index in [1.807, 2.05) is 12.1 Å². The first-order valence-electron chi connectivity index (χ1n) is 5.79. The van der Waals surface area contributed by atoms with Crippen molar-refractivity contribution in [3.05, 3.63) is 29.1 Å². The Morgan fingerprint density at radius 2 is 2.33 bits per heavy atom. The molecule has 18 heavy (non-hydrogen) atoms. The molecule has 0 bridgehead atoms. The van der Waals surface area contributed by atoms with Crippen molar-refractivity contribution in [3.8, 4) is 0 Å². The fourth-order valence-electron chi connectivity index (χ4n) is 2.04. The SMILES string of the molecule is O=C1NCCNC1Cc1nc2cccc(Cl)c2o1. The van der Waals surface area contributed by atoms with Crippen LogP contribution in [0.2, 0.25) is 5.02 Å². The molecular formula is C12H12ClN3O2. The number of nitrogens with zero attached hydrogens (tertiary/aromatic N) is 1. The average Bonchev–Trinajstić information content (AvgIpc) is 2.76. The Balaban J connectivity index is 1.86. The number of hydrogen-bond acceptors (Lipinski definition) is 4. The van der Waals surface area contributed by atoms with Gasteiger partial charge in [-0.25, -0.2) is 4.98 Å². The van der Waals surface area contributed by atoms with Crippen molar-refractivity contribution in [1.29, 1.82) is 0 Å². The van der Waals surface area contributed by atoms with Crippen molar-refractivity contribution in [2.75, 3.05) is 13.1 Å². The summed E-state index contributed by atoms with van der Waals surface area (Å²) in [6.07, 6.45) is 0.427. The van der Waals surface area contributed by atoms with Crippen LogP contribution >= 0.6 is 11.6 Å². The third-order valence-electron chi connectivity index (χ3n) is 2.92. The van der Waals surface area contributed by atoms with Crippen LogP contribution in [0.4, 0.5) is 0 Å². The van der Waals surface area contributed by atoms with Crippen molar-refractivity contribution in [2.45, 2.75) is 12.5 Å². The topological polar surface area (TPSA) is 67.2 Å². The lowest BCUT2D eigenvalue weighted by molar-refractivity contribution is -0.124. The molecule has 1 amide bonds. The molecule has 1 saturated heterocycles. The first-order chi connectivity index (χ1) is 8.74. The minimum atomic E-state index is -0.286. The molecule has 2 N–H and O–H groups in total. The molecule has 0 aliphatic carbocycles. The van der Waals surface area contributed by atoms with Crippen LogP contribution in [0.3, 0.4) is 0 Å². The molecule has 0 spiro atoms. The van der Waals surface area contributed by atoms with Crippen LogP contribution in [0.25, 0.3) is 11.1 Å². The molecule has 2 heterocycles. The van der Waals surface area contributed by atoms with Gasteiger partial charge < -0.3 is 15.1 Å². The largest absolute Gasteiger partial charge is 0.439 e. The van der Waals surface area contributed by atoms with E-state index < -0.39 is 0 Å². The summed E-state index contributed by atoms with van der Waals surface area (Å²) in [7, 11) is 0. The highest BCUT2D eigenvalue weighted by Gasteiger charge is 2.24. The van der Waals surface area contributed by atoms with E-state index in [2.05, 4.69) is 15.6 Å². The number of para-hydroxylation sites is 1. The Hall–Kier alpha value is -1.59. The van der Waals surface area contributed by atoms with E-state index >= 15 is 0 Å². The number of carbonyl (C=O) groups is 1. The van der Waals surface area contributed by atoms with E-state index in [1.54, 1.807) is 6.07 Å². The predicted molar refractivity (Wildman–Crippen MR) is 67.5 cm³/mol. The highest BCUT2D eigenvalue weighted by atomic mass is 35.5. The van der Waals surface area contributed by atoms with Gasteiger partial charge in [-0.05, 0) is 12.1 Å². The molecule has 1 unspecified atom stereocenters. The molecule has 1 atom stereocenters. The van der Waals surface area contributed by atoms with Crippen LogP contribution in [-0.2, 0) is 11.2 Å².